The zero-order valence-electron chi connectivity index (χ0n) is 14.9. The summed E-state index contributed by atoms with van der Waals surface area (Å²) in [4.78, 5) is 0. The van der Waals surface area contributed by atoms with Crippen LogP contribution >= 0.6 is 0 Å². The lowest BCUT2D eigenvalue weighted by Crippen LogP contribution is -2.03. The van der Waals surface area contributed by atoms with Crippen LogP contribution in [0.1, 0.15) is 42.8 Å². The van der Waals surface area contributed by atoms with Crippen molar-refractivity contribution in [1.29, 1.82) is 0 Å². The molecule has 0 N–H and O–H groups in total. The molecular weight excluding hydrogens is 318 g/mol. The second-order valence-corrected chi connectivity index (χ2v) is 6.38. The standard InChI is InChI=1S/C16H25N9/c1-14-11-23(20-17-14)8-4-3-7-16-13-25(22-19-16)10-6-5-9-24-12-15(2)18-21-24/h11-13H,3-10H2,1-2H3. The molecule has 3 aromatic heterocycles. The van der Waals surface area contributed by atoms with E-state index in [2.05, 4.69) is 37.1 Å². The van der Waals surface area contributed by atoms with Crippen LogP contribution in [0.3, 0.4) is 0 Å². The molecule has 3 heterocycles. The third-order valence-electron chi connectivity index (χ3n) is 3.99. The van der Waals surface area contributed by atoms with E-state index in [4.69, 9.17) is 0 Å². The second kappa shape index (κ2) is 8.50. The van der Waals surface area contributed by atoms with Gasteiger partial charge in [0.2, 0.25) is 0 Å². The van der Waals surface area contributed by atoms with Gasteiger partial charge in [0.15, 0.2) is 0 Å². The molecule has 0 aliphatic rings. The lowest BCUT2D eigenvalue weighted by atomic mass is 10.2. The molecule has 25 heavy (non-hydrogen) atoms. The normalized spacial score (nSPS) is 11.3. The summed E-state index contributed by atoms with van der Waals surface area (Å²) in [6, 6.07) is 0. The average molecular weight is 343 g/mol. The van der Waals surface area contributed by atoms with E-state index < -0.39 is 0 Å². The maximum Gasteiger partial charge on any atom is 0.0827 e. The number of unbranched alkanes of at least 4 members (excludes halogenated alkanes) is 2. The van der Waals surface area contributed by atoms with Crippen LogP contribution in [0.2, 0.25) is 0 Å². The summed E-state index contributed by atoms with van der Waals surface area (Å²) in [7, 11) is 0. The van der Waals surface area contributed by atoms with E-state index in [1.807, 2.05) is 40.3 Å². The third-order valence-corrected chi connectivity index (χ3v) is 3.99. The largest absolute Gasteiger partial charge is 0.252 e. The molecule has 0 aliphatic carbocycles. The molecule has 0 amide bonds. The third kappa shape index (κ3) is 5.47. The van der Waals surface area contributed by atoms with Crippen molar-refractivity contribution in [1.82, 2.24) is 45.0 Å². The van der Waals surface area contributed by atoms with Crippen LogP contribution in [0.25, 0.3) is 0 Å². The smallest absolute Gasteiger partial charge is 0.0827 e. The maximum atomic E-state index is 4.26. The van der Waals surface area contributed by atoms with Crippen LogP contribution in [-0.2, 0) is 26.1 Å². The van der Waals surface area contributed by atoms with Crippen LogP contribution in [0, 0.1) is 13.8 Å². The Morgan fingerprint density at radius 1 is 0.640 bits per heavy atom. The van der Waals surface area contributed by atoms with Crippen LogP contribution in [0.15, 0.2) is 18.6 Å². The highest BCUT2D eigenvalue weighted by Crippen LogP contribution is 2.04. The summed E-state index contributed by atoms with van der Waals surface area (Å²) in [6.45, 7) is 6.59. The average Bonchev–Trinajstić information content (AvgIpc) is 3.31. The Morgan fingerprint density at radius 3 is 1.64 bits per heavy atom. The van der Waals surface area contributed by atoms with Gasteiger partial charge in [-0.3, -0.25) is 14.0 Å². The van der Waals surface area contributed by atoms with Gasteiger partial charge in [-0.15, -0.1) is 15.3 Å². The van der Waals surface area contributed by atoms with Gasteiger partial charge in [-0.1, -0.05) is 15.6 Å². The molecule has 0 unspecified atom stereocenters. The summed E-state index contributed by atoms with van der Waals surface area (Å²) in [5, 5.41) is 24.6. The zero-order chi connectivity index (χ0) is 17.5. The van der Waals surface area contributed by atoms with Gasteiger partial charge >= 0.3 is 0 Å². The molecule has 0 radical (unpaired) electrons. The molecule has 134 valence electrons. The summed E-state index contributed by atoms with van der Waals surface area (Å²) >= 11 is 0. The van der Waals surface area contributed by atoms with Crippen molar-refractivity contribution in [3.05, 3.63) is 35.7 Å². The molecule has 3 aromatic rings. The lowest BCUT2D eigenvalue weighted by molar-refractivity contribution is 0.487. The Kier molecular flexibility index (Phi) is 5.86. The Bertz CT molecular complexity index is 707. The first-order valence-electron chi connectivity index (χ1n) is 8.81. The summed E-state index contributed by atoms with van der Waals surface area (Å²) < 4.78 is 5.71. The van der Waals surface area contributed by atoms with E-state index >= 15 is 0 Å². The van der Waals surface area contributed by atoms with Gasteiger partial charge in [-0.2, -0.15) is 0 Å². The highest BCUT2D eigenvalue weighted by atomic mass is 15.4. The van der Waals surface area contributed by atoms with Gasteiger partial charge < -0.3 is 0 Å². The Morgan fingerprint density at radius 2 is 1.12 bits per heavy atom. The minimum atomic E-state index is 0.888. The zero-order valence-corrected chi connectivity index (χ0v) is 14.9. The SMILES string of the molecule is Cc1cn(CCCCc2cn(CCCCn3cc(C)nn3)nn2)nn1. The van der Waals surface area contributed by atoms with Crippen molar-refractivity contribution in [2.24, 2.45) is 0 Å². The highest BCUT2D eigenvalue weighted by Gasteiger charge is 2.02. The van der Waals surface area contributed by atoms with E-state index in [0.29, 0.717) is 0 Å². The molecule has 0 spiro atoms. The molecule has 0 atom stereocenters. The molecule has 0 fully saturated rings. The predicted octanol–water partition coefficient (Wildman–Crippen LogP) is 1.58. The predicted molar refractivity (Wildman–Crippen MR) is 91.7 cm³/mol. The second-order valence-electron chi connectivity index (χ2n) is 6.38. The van der Waals surface area contributed by atoms with E-state index in [1.165, 1.54) is 0 Å². The van der Waals surface area contributed by atoms with E-state index in [9.17, 15) is 0 Å². The quantitative estimate of drug-likeness (QED) is 0.519. The van der Waals surface area contributed by atoms with Crippen LogP contribution < -0.4 is 0 Å². The molecule has 0 saturated heterocycles. The Hall–Kier alpha value is -2.58. The molecule has 9 nitrogen and oxygen atoms in total. The van der Waals surface area contributed by atoms with Gasteiger partial charge in [0, 0.05) is 38.2 Å². The number of aromatic nitrogens is 9. The van der Waals surface area contributed by atoms with E-state index in [1.54, 1.807) is 0 Å². The van der Waals surface area contributed by atoms with Gasteiger partial charge in [-0.25, -0.2) is 0 Å². The molecule has 9 heteroatoms. The summed E-state index contributed by atoms with van der Waals surface area (Å²) in [5.74, 6) is 0. The first-order valence-corrected chi connectivity index (χ1v) is 8.81. The number of aryl methyl sites for hydroxylation is 6. The molecule has 0 aliphatic heterocycles. The van der Waals surface area contributed by atoms with Crippen molar-refractivity contribution < 1.29 is 0 Å². The topological polar surface area (TPSA) is 92.1 Å². The molecule has 0 saturated carbocycles. The van der Waals surface area contributed by atoms with Crippen LogP contribution in [0.4, 0.5) is 0 Å². The molecular formula is C16H25N9. The molecule has 3 rings (SSSR count). The van der Waals surface area contributed by atoms with Gasteiger partial charge in [0.05, 0.1) is 17.1 Å². The molecule has 0 bridgehead atoms. The van der Waals surface area contributed by atoms with Crippen molar-refractivity contribution in [3.8, 4) is 0 Å². The fourth-order valence-corrected chi connectivity index (χ4v) is 2.70. The number of hydrogen-bond donors (Lipinski definition) is 0. The Labute approximate surface area is 147 Å². The summed E-state index contributed by atoms with van der Waals surface area (Å²) in [6.07, 6.45) is 11.2. The van der Waals surface area contributed by atoms with Crippen molar-refractivity contribution in [2.75, 3.05) is 0 Å². The minimum absolute atomic E-state index is 0.888. The van der Waals surface area contributed by atoms with Gasteiger partial charge in [0.25, 0.3) is 0 Å². The number of nitrogens with zero attached hydrogens (tertiary/aromatic N) is 9. The summed E-state index contributed by atoms with van der Waals surface area (Å²) in [5.41, 5.74) is 2.98. The van der Waals surface area contributed by atoms with Crippen LogP contribution in [-0.4, -0.2) is 45.0 Å². The maximum absolute atomic E-state index is 4.26. The monoisotopic (exact) mass is 343 g/mol. The van der Waals surface area contributed by atoms with E-state index in [-0.39, 0.29) is 0 Å². The van der Waals surface area contributed by atoms with Crippen molar-refractivity contribution >= 4 is 0 Å². The highest BCUT2D eigenvalue weighted by molar-refractivity contribution is 4.92. The van der Waals surface area contributed by atoms with Gasteiger partial charge in [0.1, 0.15) is 0 Å². The number of rotatable bonds is 10. The van der Waals surface area contributed by atoms with Crippen molar-refractivity contribution in [3.63, 3.8) is 0 Å². The number of hydrogen-bond acceptors (Lipinski definition) is 6. The van der Waals surface area contributed by atoms with E-state index in [0.717, 1.165) is 68.8 Å². The van der Waals surface area contributed by atoms with Gasteiger partial charge in [-0.05, 0) is 46.0 Å². The van der Waals surface area contributed by atoms with Crippen LogP contribution in [0.5, 0.6) is 0 Å². The first kappa shape index (κ1) is 17.2. The van der Waals surface area contributed by atoms with Crippen molar-refractivity contribution in [2.45, 2.75) is 65.6 Å². The Balaban J connectivity index is 1.30. The minimum Gasteiger partial charge on any atom is -0.252 e. The fraction of sp³-hybridized carbons (Fsp3) is 0.625. The lowest BCUT2D eigenvalue weighted by Gasteiger charge is -2.01. The first-order chi connectivity index (χ1) is 12.2. The fourth-order valence-electron chi connectivity index (χ4n) is 2.70. The molecule has 0 aromatic carbocycles.